The smallest absolute Gasteiger partial charge is 0.0675 e. The highest BCUT2D eigenvalue weighted by Gasteiger charge is 2.05. The van der Waals surface area contributed by atoms with Gasteiger partial charge in [-0.2, -0.15) is 0 Å². The number of rotatable bonds is 0. The minimum atomic E-state index is 1.19. The lowest BCUT2D eigenvalue weighted by Crippen LogP contribution is -1.85. The van der Waals surface area contributed by atoms with E-state index in [1.807, 2.05) is 19.3 Å². The summed E-state index contributed by atoms with van der Waals surface area (Å²) in [5.74, 6) is 0. The van der Waals surface area contributed by atoms with Crippen molar-refractivity contribution in [1.82, 2.24) is 9.55 Å². The van der Waals surface area contributed by atoms with Crippen LogP contribution in [-0.4, -0.2) is 9.55 Å². The zero-order valence-corrected chi connectivity index (χ0v) is 11.6. The molecule has 0 aliphatic heterocycles. The molecule has 0 aliphatic rings. The van der Waals surface area contributed by atoms with Gasteiger partial charge in [0.15, 0.2) is 0 Å². The van der Waals surface area contributed by atoms with Crippen LogP contribution < -0.4 is 0 Å². The molecule has 3 rings (SSSR count). The van der Waals surface area contributed by atoms with E-state index in [-0.39, 0.29) is 0 Å². The summed E-state index contributed by atoms with van der Waals surface area (Å²) in [7, 11) is 2.08. The summed E-state index contributed by atoms with van der Waals surface area (Å²) in [6.07, 6.45) is 5.50. The highest BCUT2D eigenvalue weighted by atomic mass is 14.9. The van der Waals surface area contributed by atoms with E-state index in [2.05, 4.69) is 66.7 Å². The quantitative estimate of drug-likeness (QED) is 0.529. The maximum absolute atomic E-state index is 4.15. The van der Waals surface area contributed by atoms with Crippen LogP contribution in [0, 0.1) is 0 Å². The fourth-order valence-electron chi connectivity index (χ4n) is 2.00. The normalized spacial score (nSPS) is 9.16. The van der Waals surface area contributed by atoms with Gasteiger partial charge in [0.2, 0.25) is 0 Å². The third-order valence-electron chi connectivity index (χ3n) is 2.72. The molecular weight excluding hydrogens is 232 g/mol. The fraction of sp³-hybridized carbons (Fsp3) is 0.118. The molecule has 0 amide bonds. The zero-order chi connectivity index (χ0) is 14.3. The van der Waals surface area contributed by atoms with Crippen molar-refractivity contribution in [3.8, 4) is 0 Å². The molecule has 0 radical (unpaired) electrons. The van der Waals surface area contributed by atoms with Crippen LogP contribution >= 0.6 is 0 Å². The van der Waals surface area contributed by atoms with Gasteiger partial charge in [0.1, 0.15) is 0 Å². The van der Waals surface area contributed by atoms with Crippen LogP contribution in [0.5, 0.6) is 0 Å². The number of allylic oxidation sites excluding steroid dienone is 1. The Morgan fingerprint density at radius 3 is 2.32 bits per heavy atom. The molecule has 1 aromatic carbocycles. The van der Waals surface area contributed by atoms with Gasteiger partial charge in [0.05, 0.1) is 11.7 Å². The number of nitrogens with zero attached hydrogens (tertiary/aromatic N) is 2. The Morgan fingerprint density at radius 1 is 1.05 bits per heavy atom. The molecule has 2 heteroatoms. The first-order chi connectivity index (χ1) is 9.29. The topological polar surface area (TPSA) is 17.8 Å². The minimum absolute atomic E-state index is 1.19. The summed E-state index contributed by atoms with van der Waals surface area (Å²) < 4.78 is 2.18. The third kappa shape index (κ3) is 2.91. The maximum Gasteiger partial charge on any atom is 0.0675 e. The Morgan fingerprint density at radius 2 is 1.63 bits per heavy atom. The van der Waals surface area contributed by atoms with Gasteiger partial charge in [-0.05, 0) is 19.1 Å². The van der Waals surface area contributed by atoms with Gasteiger partial charge in [-0.25, -0.2) is 0 Å². The minimum Gasteiger partial charge on any atom is -0.342 e. The lowest BCUT2D eigenvalue weighted by molar-refractivity contribution is 1.01. The molecule has 3 aromatic rings. The van der Waals surface area contributed by atoms with Gasteiger partial charge < -0.3 is 4.57 Å². The van der Waals surface area contributed by atoms with E-state index in [0.717, 1.165) is 0 Å². The molecular formula is C17H20N2. The van der Waals surface area contributed by atoms with Gasteiger partial charge in [-0.1, -0.05) is 24.3 Å². The van der Waals surface area contributed by atoms with Gasteiger partial charge in [-0.3, -0.25) is 4.98 Å². The van der Waals surface area contributed by atoms with E-state index in [9.17, 15) is 0 Å². The number of aryl methyl sites for hydroxylation is 1. The van der Waals surface area contributed by atoms with E-state index in [4.69, 9.17) is 0 Å². The van der Waals surface area contributed by atoms with Crippen molar-refractivity contribution in [2.75, 3.05) is 0 Å². The molecule has 2 heterocycles. The average Bonchev–Trinajstić information content (AvgIpc) is 2.77. The average molecular weight is 252 g/mol. The van der Waals surface area contributed by atoms with E-state index >= 15 is 0 Å². The second-order valence-electron chi connectivity index (χ2n) is 3.88. The van der Waals surface area contributed by atoms with Crippen molar-refractivity contribution in [2.45, 2.75) is 6.92 Å². The standard InChI is InChI=1S/C12H10N2.C3H6.C2H4/c1-14-11-5-3-2-4-9(11)10-6-7-13-8-12(10)14;1-3-2;1-2/h2-8H,1H3;3H,1H2,2H3;1-2H2. The van der Waals surface area contributed by atoms with Crippen LogP contribution in [-0.2, 0) is 7.05 Å². The van der Waals surface area contributed by atoms with Crippen LogP contribution in [0.2, 0.25) is 0 Å². The molecule has 0 N–H and O–H groups in total. The van der Waals surface area contributed by atoms with E-state index in [1.165, 1.54) is 21.8 Å². The summed E-state index contributed by atoms with van der Waals surface area (Å²) in [6, 6.07) is 10.5. The van der Waals surface area contributed by atoms with E-state index in [1.54, 1.807) is 6.08 Å². The number of hydrogen-bond donors (Lipinski definition) is 0. The van der Waals surface area contributed by atoms with Crippen molar-refractivity contribution in [3.05, 3.63) is 68.5 Å². The Hall–Kier alpha value is -2.35. The lowest BCUT2D eigenvalue weighted by atomic mass is 10.2. The molecule has 0 saturated heterocycles. The molecule has 0 spiro atoms. The van der Waals surface area contributed by atoms with Crippen LogP contribution in [0.1, 0.15) is 6.92 Å². The molecule has 2 aromatic heterocycles. The van der Waals surface area contributed by atoms with Crippen molar-refractivity contribution in [1.29, 1.82) is 0 Å². The van der Waals surface area contributed by atoms with Gasteiger partial charge >= 0.3 is 0 Å². The summed E-state index contributed by atoms with van der Waals surface area (Å²) in [5, 5.41) is 2.57. The zero-order valence-electron chi connectivity index (χ0n) is 11.6. The molecule has 0 aliphatic carbocycles. The number of para-hydroxylation sites is 1. The highest BCUT2D eigenvalue weighted by molar-refractivity contribution is 6.07. The van der Waals surface area contributed by atoms with Crippen molar-refractivity contribution < 1.29 is 0 Å². The predicted molar refractivity (Wildman–Crippen MR) is 85.3 cm³/mol. The summed E-state index contributed by atoms with van der Waals surface area (Å²) in [6.45, 7) is 11.2. The van der Waals surface area contributed by atoms with Gasteiger partial charge in [0.25, 0.3) is 0 Å². The Bertz CT molecular complexity index is 612. The summed E-state index contributed by atoms with van der Waals surface area (Å²) in [4.78, 5) is 4.15. The number of fused-ring (bicyclic) bond motifs is 3. The molecule has 0 saturated carbocycles. The summed E-state index contributed by atoms with van der Waals surface area (Å²) in [5.41, 5.74) is 2.45. The number of aromatic nitrogens is 2. The lowest BCUT2D eigenvalue weighted by Gasteiger charge is -1.95. The number of benzene rings is 1. The van der Waals surface area contributed by atoms with E-state index < -0.39 is 0 Å². The largest absolute Gasteiger partial charge is 0.342 e. The molecule has 0 unspecified atom stereocenters. The van der Waals surface area contributed by atoms with Gasteiger partial charge in [0, 0.05) is 29.5 Å². The Labute approximate surface area is 114 Å². The van der Waals surface area contributed by atoms with Crippen LogP contribution in [0.4, 0.5) is 0 Å². The van der Waals surface area contributed by atoms with Crippen LogP contribution in [0.3, 0.4) is 0 Å². The Balaban J connectivity index is 0.000000321. The second kappa shape index (κ2) is 7.17. The Kier molecular flexibility index (Phi) is 5.55. The molecule has 19 heavy (non-hydrogen) atoms. The van der Waals surface area contributed by atoms with Crippen LogP contribution in [0.25, 0.3) is 21.8 Å². The summed E-state index contributed by atoms with van der Waals surface area (Å²) >= 11 is 0. The van der Waals surface area contributed by atoms with E-state index in [0.29, 0.717) is 0 Å². The highest BCUT2D eigenvalue weighted by Crippen LogP contribution is 2.26. The molecule has 98 valence electrons. The number of hydrogen-bond acceptors (Lipinski definition) is 1. The second-order valence-corrected chi connectivity index (χ2v) is 3.88. The monoisotopic (exact) mass is 252 g/mol. The first-order valence-corrected chi connectivity index (χ1v) is 6.13. The SMILES string of the molecule is C=C.C=CC.Cn1c2ccccc2c2ccncc21. The van der Waals surface area contributed by atoms with Crippen LogP contribution in [0.15, 0.2) is 68.5 Å². The van der Waals surface area contributed by atoms with Crippen molar-refractivity contribution in [3.63, 3.8) is 0 Å². The van der Waals surface area contributed by atoms with Gasteiger partial charge in [-0.15, -0.1) is 19.7 Å². The molecule has 0 bridgehead atoms. The number of pyridine rings is 1. The molecule has 0 atom stereocenters. The van der Waals surface area contributed by atoms with Crippen molar-refractivity contribution >= 4 is 21.8 Å². The first kappa shape index (κ1) is 14.7. The maximum atomic E-state index is 4.15. The van der Waals surface area contributed by atoms with Crippen molar-refractivity contribution in [2.24, 2.45) is 7.05 Å². The predicted octanol–water partition coefficient (Wildman–Crippen LogP) is 4.72. The fourth-order valence-corrected chi connectivity index (χ4v) is 2.00. The first-order valence-electron chi connectivity index (χ1n) is 6.13. The third-order valence-corrected chi connectivity index (χ3v) is 2.72. The molecule has 0 fully saturated rings. The molecule has 2 nitrogen and oxygen atoms in total.